The minimum absolute atomic E-state index is 0.0568. The first-order valence-corrected chi connectivity index (χ1v) is 7.53. The van der Waals surface area contributed by atoms with Crippen LogP contribution in [0.1, 0.15) is 5.69 Å². The Bertz CT molecular complexity index is 238. The molecule has 0 saturated heterocycles. The lowest BCUT2D eigenvalue weighted by atomic mass is 10.4. The van der Waals surface area contributed by atoms with E-state index in [0.29, 0.717) is 0 Å². The molecule has 1 heterocycles. The lowest BCUT2D eigenvalue weighted by Crippen LogP contribution is -2.12. The monoisotopic (exact) mass is 231 g/mol. The average molecular weight is 231 g/mol. The van der Waals surface area contributed by atoms with Gasteiger partial charge in [-0.1, -0.05) is 6.07 Å². The van der Waals surface area contributed by atoms with Crippen molar-refractivity contribution in [2.24, 2.45) is 0 Å². The summed E-state index contributed by atoms with van der Waals surface area (Å²) in [5, 5.41) is 0. The summed E-state index contributed by atoms with van der Waals surface area (Å²) < 4.78 is 0.0568. The Balaban J connectivity index is 3.01. The Labute approximate surface area is 92.5 Å². The molecule has 4 heteroatoms. The second kappa shape index (κ2) is 5.17. The Hall–Kier alpha value is 0.200. The van der Waals surface area contributed by atoms with Gasteiger partial charge in [0.1, 0.15) is 3.41 Å². The first kappa shape index (κ1) is 11.3. The molecule has 0 aromatic carbocycles. The molecular formula is C9H13NS3. The molecule has 72 valence electrons. The maximum absolute atomic E-state index is 4.40. The standard InChI is InChI=1S/C9H13NS3/c1-11-9(12-2,13-3)8-6-4-5-7-10-8/h4-7H,1-3H3. The third-order valence-electron chi connectivity index (χ3n) is 1.78. The Morgan fingerprint density at radius 1 is 1.08 bits per heavy atom. The molecule has 1 aromatic rings. The molecule has 0 aliphatic rings. The summed E-state index contributed by atoms with van der Waals surface area (Å²) in [6.45, 7) is 0. The van der Waals surface area contributed by atoms with Crippen LogP contribution in [0.25, 0.3) is 0 Å². The van der Waals surface area contributed by atoms with Gasteiger partial charge in [-0.25, -0.2) is 0 Å². The molecule has 0 atom stereocenters. The van der Waals surface area contributed by atoms with E-state index in [1.807, 2.05) is 53.6 Å². The smallest absolute Gasteiger partial charge is 0.148 e. The van der Waals surface area contributed by atoms with Crippen LogP contribution < -0.4 is 0 Å². The zero-order valence-corrected chi connectivity index (χ0v) is 10.4. The van der Waals surface area contributed by atoms with Gasteiger partial charge in [-0.15, -0.1) is 35.3 Å². The summed E-state index contributed by atoms with van der Waals surface area (Å²) >= 11 is 5.50. The number of thioether (sulfide) groups is 3. The highest BCUT2D eigenvalue weighted by molar-refractivity contribution is 8.32. The SMILES string of the molecule is CSC(SC)(SC)c1ccccn1. The van der Waals surface area contributed by atoms with E-state index in [2.05, 4.69) is 29.8 Å². The normalized spacial score (nSPS) is 11.6. The zero-order chi connectivity index (χ0) is 9.73. The van der Waals surface area contributed by atoms with Crippen molar-refractivity contribution >= 4 is 35.3 Å². The molecule has 0 aliphatic carbocycles. The Morgan fingerprint density at radius 2 is 1.69 bits per heavy atom. The summed E-state index contributed by atoms with van der Waals surface area (Å²) in [5.41, 5.74) is 1.14. The molecule has 1 nitrogen and oxygen atoms in total. The average Bonchev–Trinajstić information content (AvgIpc) is 2.23. The summed E-state index contributed by atoms with van der Waals surface area (Å²) in [4.78, 5) is 4.40. The fourth-order valence-electron chi connectivity index (χ4n) is 1.11. The molecule has 0 spiro atoms. The first-order valence-electron chi connectivity index (χ1n) is 3.86. The van der Waals surface area contributed by atoms with E-state index in [-0.39, 0.29) is 3.41 Å². The number of aromatic nitrogens is 1. The molecule has 0 saturated carbocycles. The van der Waals surface area contributed by atoms with Gasteiger partial charge in [0.15, 0.2) is 0 Å². The van der Waals surface area contributed by atoms with Crippen molar-refractivity contribution in [2.75, 3.05) is 18.8 Å². The van der Waals surface area contributed by atoms with E-state index < -0.39 is 0 Å². The van der Waals surface area contributed by atoms with Crippen LogP contribution in [0.3, 0.4) is 0 Å². The second-order valence-corrected chi connectivity index (χ2v) is 6.22. The van der Waals surface area contributed by atoms with Crippen molar-refractivity contribution in [1.29, 1.82) is 0 Å². The summed E-state index contributed by atoms with van der Waals surface area (Å²) in [5.74, 6) is 0. The topological polar surface area (TPSA) is 12.9 Å². The van der Waals surface area contributed by atoms with Gasteiger partial charge in [-0.05, 0) is 30.9 Å². The van der Waals surface area contributed by atoms with Crippen molar-refractivity contribution in [3.63, 3.8) is 0 Å². The Kier molecular flexibility index (Phi) is 4.49. The number of hydrogen-bond acceptors (Lipinski definition) is 4. The predicted octanol–water partition coefficient (Wildman–Crippen LogP) is 3.28. The van der Waals surface area contributed by atoms with Gasteiger partial charge >= 0.3 is 0 Å². The van der Waals surface area contributed by atoms with Gasteiger partial charge in [0.2, 0.25) is 0 Å². The second-order valence-electron chi connectivity index (χ2n) is 2.38. The number of rotatable bonds is 4. The molecule has 0 amide bonds. The third-order valence-corrected chi connectivity index (χ3v) is 7.02. The van der Waals surface area contributed by atoms with Crippen LogP contribution in [0, 0.1) is 0 Å². The summed E-state index contributed by atoms with van der Waals surface area (Å²) in [6, 6.07) is 6.08. The van der Waals surface area contributed by atoms with Crippen LogP contribution in [0.15, 0.2) is 24.4 Å². The van der Waals surface area contributed by atoms with Gasteiger partial charge in [0.05, 0.1) is 5.69 Å². The maximum atomic E-state index is 4.40. The van der Waals surface area contributed by atoms with Crippen LogP contribution in [-0.2, 0) is 3.41 Å². The number of nitrogens with zero attached hydrogens (tertiary/aromatic N) is 1. The Morgan fingerprint density at radius 3 is 2.08 bits per heavy atom. The highest BCUT2D eigenvalue weighted by atomic mass is 32.3. The van der Waals surface area contributed by atoms with Crippen LogP contribution in [0.2, 0.25) is 0 Å². The quantitative estimate of drug-likeness (QED) is 0.737. The molecule has 0 unspecified atom stereocenters. The first-order chi connectivity index (χ1) is 6.29. The van der Waals surface area contributed by atoms with Crippen LogP contribution in [0.4, 0.5) is 0 Å². The van der Waals surface area contributed by atoms with Crippen LogP contribution >= 0.6 is 35.3 Å². The fraction of sp³-hybridized carbons (Fsp3) is 0.444. The fourth-order valence-corrected chi connectivity index (χ4v) is 4.10. The zero-order valence-electron chi connectivity index (χ0n) is 7.98. The van der Waals surface area contributed by atoms with Crippen LogP contribution in [-0.4, -0.2) is 23.8 Å². The van der Waals surface area contributed by atoms with Gasteiger partial charge in [0.25, 0.3) is 0 Å². The summed E-state index contributed by atoms with van der Waals surface area (Å²) in [7, 11) is 0. The number of pyridine rings is 1. The molecule has 0 fully saturated rings. The molecule has 1 rings (SSSR count). The molecule has 0 bridgehead atoms. The van der Waals surface area contributed by atoms with Crippen molar-refractivity contribution in [1.82, 2.24) is 4.98 Å². The van der Waals surface area contributed by atoms with Gasteiger partial charge in [0, 0.05) is 6.20 Å². The van der Waals surface area contributed by atoms with Gasteiger partial charge in [-0.2, -0.15) is 0 Å². The minimum Gasteiger partial charge on any atom is -0.258 e. The van der Waals surface area contributed by atoms with E-state index in [0.717, 1.165) is 5.69 Å². The predicted molar refractivity (Wildman–Crippen MR) is 66.5 cm³/mol. The molecular weight excluding hydrogens is 218 g/mol. The van der Waals surface area contributed by atoms with Crippen molar-refractivity contribution in [3.8, 4) is 0 Å². The lowest BCUT2D eigenvalue weighted by Gasteiger charge is -2.26. The molecule has 0 aliphatic heterocycles. The van der Waals surface area contributed by atoms with E-state index in [4.69, 9.17) is 0 Å². The third kappa shape index (κ3) is 2.36. The minimum atomic E-state index is 0.0568. The molecule has 1 aromatic heterocycles. The molecule has 13 heavy (non-hydrogen) atoms. The van der Waals surface area contributed by atoms with E-state index in [1.54, 1.807) is 0 Å². The summed E-state index contributed by atoms with van der Waals surface area (Å²) in [6.07, 6.45) is 8.23. The van der Waals surface area contributed by atoms with Gasteiger partial charge < -0.3 is 0 Å². The highest BCUT2D eigenvalue weighted by Crippen LogP contribution is 2.50. The van der Waals surface area contributed by atoms with Crippen molar-refractivity contribution in [3.05, 3.63) is 30.1 Å². The molecule has 0 radical (unpaired) electrons. The van der Waals surface area contributed by atoms with Crippen LogP contribution in [0.5, 0.6) is 0 Å². The molecule has 0 N–H and O–H groups in total. The van der Waals surface area contributed by atoms with Crippen molar-refractivity contribution < 1.29 is 0 Å². The lowest BCUT2D eigenvalue weighted by molar-refractivity contribution is 1.12. The largest absolute Gasteiger partial charge is 0.258 e. The number of hydrogen-bond donors (Lipinski definition) is 0. The highest BCUT2D eigenvalue weighted by Gasteiger charge is 2.30. The van der Waals surface area contributed by atoms with E-state index in [9.17, 15) is 0 Å². The van der Waals surface area contributed by atoms with E-state index in [1.165, 1.54) is 0 Å². The maximum Gasteiger partial charge on any atom is 0.148 e. The van der Waals surface area contributed by atoms with Gasteiger partial charge in [-0.3, -0.25) is 4.98 Å². The van der Waals surface area contributed by atoms with E-state index >= 15 is 0 Å². The van der Waals surface area contributed by atoms with Crippen molar-refractivity contribution in [2.45, 2.75) is 3.41 Å².